The van der Waals surface area contributed by atoms with Crippen LogP contribution in [0, 0.1) is 4.91 Å². The van der Waals surface area contributed by atoms with E-state index in [0.29, 0.717) is 0 Å². The van der Waals surface area contributed by atoms with Crippen molar-refractivity contribution < 1.29 is 15.0 Å². The number of benzene rings is 1. The highest BCUT2D eigenvalue weighted by Gasteiger charge is 2.11. The molecule has 0 spiro atoms. The fourth-order valence-electron chi connectivity index (χ4n) is 0.877. The Morgan fingerprint density at radius 2 is 2.00 bits per heavy atom. The van der Waals surface area contributed by atoms with Crippen LogP contribution < -0.4 is 0 Å². The number of hydrogen-bond donors (Lipinski definition) is 2. The fraction of sp³-hybridized carbons (Fsp3) is 0.125. The zero-order valence-corrected chi connectivity index (χ0v) is 6.81. The molecular formula is C8H7NO4. The minimum Gasteiger partial charge on any atom is -0.504 e. The molecule has 13 heavy (non-hydrogen) atoms. The van der Waals surface area contributed by atoms with Gasteiger partial charge in [0, 0.05) is 5.56 Å². The summed E-state index contributed by atoms with van der Waals surface area (Å²) >= 11 is 0. The van der Waals surface area contributed by atoms with Gasteiger partial charge in [0.15, 0.2) is 23.0 Å². The lowest BCUT2D eigenvalue weighted by molar-refractivity contribution is 0.101. The average Bonchev–Trinajstić information content (AvgIpc) is 2.09. The van der Waals surface area contributed by atoms with Crippen molar-refractivity contribution in [2.45, 2.75) is 6.92 Å². The molecule has 1 rings (SSSR count). The maximum Gasteiger partial charge on any atom is 0.187 e. The van der Waals surface area contributed by atoms with Gasteiger partial charge in [-0.05, 0) is 24.2 Å². The van der Waals surface area contributed by atoms with Gasteiger partial charge in [-0.2, -0.15) is 0 Å². The molecule has 0 radical (unpaired) electrons. The van der Waals surface area contributed by atoms with Crippen molar-refractivity contribution in [1.82, 2.24) is 0 Å². The van der Waals surface area contributed by atoms with E-state index < -0.39 is 11.5 Å². The second-order valence-corrected chi connectivity index (χ2v) is 2.51. The molecule has 0 aliphatic rings. The summed E-state index contributed by atoms with van der Waals surface area (Å²) in [5.74, 6) is -1.46. The molecule has 1 aromatic rings. The topological polar surface area (TPSA) is 87.0 Å². The molecule has 5 nitrogen and oxygen atoms in total. The van der Waals surface area contributed by atoms with Crippen LogP contribution in [-0.2, 0) is 0 Å². The van der Waals surface area contributed by atoms with Crippen molar-refractivity contribution in [3.63, 3.8) is 0 Å². The highest BCUT2D eigenvalue weighted by molar-refractivity contribution is 5.96. The first-order valence-electron chi connectivity index (χ1n) is 3.46. The third-order valence-electron chi connectivity index (χ3n) is 1.57. The van der Waals surface area contributed by atoms with Crippen LogP contribution >= 0.6 is 0 Å². The lowest BCUT2D eigenvalue weighted by Crippen LogP contribution is -1.90. The fourth-order valence-corrected chi connectivity index (χ4v) is 0.877. The maximum absolute atomic E-state index is 10.8. The average molecular weight is 181 g/mol. The van der Waals surface area contributed by atoms with Gasteiger partial charge in [-0.25, -0.2) is 0 Å². The first kappa shape index (κ1) is 9.18. The summed E-state index contributed by atoms with van der Waals surface area (Å²) in [6, 6.07) is 2.19. The van der Waals surface area contributed by atoms with Crippen LogP contribution in [0.2, 0.25) is 0 Å². The number of aromatic hydroxyl groups is 2. The lowest BCUT2D eigenvalue weighted by Gasteiger charge is -2.01. The van der Waals surface area contributed by atoms with Crippen LogP contribution in [0.25, 0.3) is 0 Å². The Morgan fingerprint density at radius 3 is 2.46 bits per heavy atom. The smallest absolute Gasteiger partial charge is 0.187 e. The monoisotopic (exact) mass is 181 g/mol. The van der Waals surface area contributed by atoms with Gasteiger partial charge in [0.1, 0.15) is 0 Å². The van der Waals surface area contributed by atoms with Gasteiger partial charge >= 0.3 is 0 Å². The number of nitroso groups, excluding NO2 is 1. The van der Waals surface area contributed by atoms with Gasteiger partial charge in [0.2, 0.25) is 0 Å². The third kappa shape index (κ3) is 1.64. The Labute approximate surface area is 73.6 Å². The summed E-state index contributed by atoms with van der Waals surface area (Å²) < 4.78 is 0. The van der Waals surface area contributed by atoms with Crippen molar-refractivity contribution >= 4 is 11.5 Å². The summed E-state index contributed by atoms with van der Waals surface area (Å²) in [7, 11) is 0. The van der Waals surface area contributed by atoms with Crippen molar-refractivity contribution in [3.05, 3.63) is 22.6 Å². The SMILES string of the molecule is CC(=O)c1cc(O)c(O)c(N=O)c1. The minimum atomic E-state index is -0.611. The second-order valence-electron chi connectivity index (χ2n) is 2.51. The first-order valence-corrected chi connectivity index (χ1v) is 3.46. The summed E-state index contributed by atoms with van der Waals surface area (Å²) in [5.41, 5.74) is -0.213. The molecule has 0 bridgehead atoms. The van der Waals surface area contributed by atoms with Gasteiger partial charge < -0.3 is 10.2 Å². The number of Topliss-reactive ketones (excluding diaryl/α,β-unsaturated/α-hetero) is 1. The Morgan fingerprint density at radius 1 is 1.38 bits per heavy atom. The maximum atomic E-state index is 10.8. The molecular weight excluding hydrogens is 174 g/mol. The van der Waals surface area contributed by atoms with Crippen LogP contribution in [0.3, 0.4) is 0 Å². The number of rotatable bonds is 2. The van der Waals surface area contributed by atoms with E-state index in [0.717, 1.165) is 12.1 Å². The van der Waals surface area contributed by atoms with Gasteiger partial charge in [-0.3, -0.25) is 4.79 Å². The quantitative estimate of drug-likeness (QED) is 0.413. The molecule has 2 N–H and O–H groups in total. The molecule has 5 heteroatoms. The van der Waals surface area contributed by atoms with E-state index in [1.165, 1.54) is 6.92 Å². The van der Waals surface area contributed by atoms with Gasteiger partial charge in [-0.1, -0.05) is 0 Å². The van der Waals surface area contributed by atoms with E-state index in [9.17, 15) is 9.70 Å². The molecule has 0 aliphatic carbocycles. The molecule has 0 saturated heterocycles. The van der Waals surface area contributed by atoms with Gasteiger partial charge in [-0.15, -0.1) is 4.91 Å². The Balaban J connectivity index is 3.38. The zero-order valence-electron chi connectivity index (χ0n) is 6.81. The first-order chi connectivity index (χ1) is 6.06. The lowest BCUT2D eigenvalue weighted by atomic mass is 10.1. The molecule has 0 fully saturated rings. The largest absolute Gasteiger partial charge is 0.504 e. The summed E-state index contributed by atoms with van der Waals surface area (Å²) in [5, 5.41) is 20.6. The number of hydrogen-bond acceptors (Lipinski definition) is 5. The highest BCUT2D eigenvalue weighted by Crippen LogP contribution is 2.36. The molecule has 0 saturated carbocycles. The van der Waals surface area contributed by atoms with Crippen LogP contribution in [0.4, 0.5) is 5.69 Å². The molecule has 0 atom stereocenters. The molecule has 0 aliphatic heterocycles. The number of carbonyl (C=O) groups is 1. The van der Waals surface area contributed by atoms with E-state index in [-0.39, 0.29) is 17.0 Å². The predicted molar refractivity (Wildman–Crippen MR) is 45.2 cm³/mol. The van der Waals surface area contributed by atoms with Crippen molar-refractivity contribution in [2.75, 3.05) is 0 Å². The zero-order chi connectivity index (χ0) is 10.0. The molecule has 68 valence electrons. The van der Waals surface area contributed by atoms with Crippen LogP contribution in [0.15, 0.2) is 17.3 Å². The van der Waals surface area contributed by atoms with E-state index in [1.807, 2.05) is 0 Å². The van der Waals surface area contributed by atoms with Crippen LogP contribution in [0.5, 0.6) is 11.5 Å². The number of carbonyl (C=O) groups excluding carboxylic acids is 1. The van der Waals surface area contributed by atoms with Crippen molar-refractivity contribution in [3.8, 4) is 11.5 Å². The molecule has 1 aromatic carbocycles. The Bertz CT molecular complexity index is 373. The Hall–Kier alpha value is -1.91. The highest BCUT2D eigenvalue weighted by atomic mass is 16.3. The van der Waals surface area contributed by atoms with E-state index in [2.05, 4.69) is 5.18 Å². The van der Waals surface area contributed by atoms with E-state index in [4.69, 9.17) is 10.2 Å². The number of phenolic OH excluding ortho intramolecular Hbond substituents is 2. The Kier molecular flexibility index (Phi) is 2.27. The van der Waals surface area contributed by atoms with E-state index >= 15 is 0 Å². The number of nitrogens with zero attached hydrogens (tertiary/aromatic N) is 1. The minimum absolute atomic E-state index is 0.130. The van der Waals surface area contributed by atoms with Crippen LogP contribution in [-0.4, -0.2) is 16.0 Å². The van der Waals surface area contributed by atoms with Crippen molar-refractivity contribution in [2.24, 2.45) is 5.18 Å². The van der Waals surface area contributed by atoms with Gasteiger partial charge in [0.05, 0.1) is 0 Å². The van der Waals surface area contributed by atoms with E-state index in [1.54, 1.807) is 0 Å². The molecule has 0 heterocycles. The molecule has 0 unspecified atom stereocenters. The molecule has 0 amide bonds. The number of ketones is 1. The normalized spacial score (nSPS) is 9.62. The second kappa shape index (κ2) is 3.22. The van der Waals surface area contributed by atoms with Gasteiger partial charge in [0.25, 0.3) is 0 Å². The standard InChI is InChI=1S/C8H7NO4/c1-4(10)5-2-6(9-13)8(12)7(11)3-5/h2-3,11-12H,1H3. The summed E-state index contributed by atoms with van der Waals surface area (Å²) in [6.07, 6.45) is 0. The third-order valence-corrected chi connectivity index (χ3v) is 1.57. The molecule has 0 aromatic heterocycles. The van der Waals surface area contributed by atoms with Crippen molar-refractivity contribution in [1.29, 1.82) is 0 Å². The van der Waals surface area contributed by atoms with Crippen LogP contribution in [0.1, 0.15) is 17.3 Å². The summed E-state index contributed by atoms with van der Waals surface area (Å²) in [6.45, 7) is 1.28. The predicted octanol–water partition coefficient (Wildman–Crippen LogP) is 1.70. The summed E-state index contributed by atoms with van der Waals surface area (Å²) in [4.78, 5) is 21.0. The number of phenols is 2.